The lowest BCUT2D eigenvalue weighted by atomic mass is 10.4. The van der Waals surface area contributed by atoms with Crippen LogP contribution in [0, 0.1) is 0 Å². The molecule has 0 spiro atoms. The first-order valence-corrected chi connectivity index (χ1v) is 7.16. The molecule has 0 unspecified atom stereocenters. The van der Waals surface area contributed by atoms with E-state index < -0.39 is 0 Å². The minimum absolute atomic E-state index is 0.686. The van der Waals surface area contributed by atoms with Crippen LogP contribution in [-0.4, -0.2) is 76.1 Å². The van der Waals surface area contributed by atoms with Crippen LogP contribution in [0.2, 0.25) is 0 Å². The third-order valence-electron chi connectivity index (χ3n) is 2.56. The van der Waals surface area contributed by atoms with Crippen LogP contribution in [0.15, 0.2) is 0 Å². The fraction of sp³-hybridized carbons (Fsp3) is 1.00. The Labute approximate surface area is 103 Å². The number of thioether (sulfide) groups is 1. The van der Waals surface area contributed by atoms with Gasteiger partial charge in [0.15, 0.2) is 0 Å². The van der Waals surface area contributed by atoms with Crippen molar-refractivity contribution in [3.8, 4) is 0 Å². The van der Waals surface area contributed by atoms with Gasteiger partial charge >= 0.3 is 0 Å². The molecule has 1 fully saturated rings. The molecule has 0 bridgehead atoms. The minimum Gasteiger partial charge on any atom is -0.382 e. The summed E-state index contributed by atoms with van der Waals surface area (Å²) in [5, 5.41) is 3.40. The van der Waals surface area contributed by atoms with E-state index in [1.54, 1.807) is 7.11 Å². The van der Waals surface area contributed by atoms with Gasteiger partial charge in [-0.2, -0.15) is 11.8 Å². The van der Waals surface area contributed by atoms with Crippen molar-refractivity contribution in [3.63, 3.8) is 0 Å². The molecule has 96 valence electrons. The molecular weight excluding hydrogens is 224 g/mol. The maximum Gasteiger partial charge on any atom is 0.0700 e. The summed E-state index contributed by atoms with van der Waals surface area (Å²) in [7, 11) is 1.69. The number of nitrogens with zero attached hydrogens (tertiary/aromatic N) is 1. The Bertz CT molecular complexity index is 155. The van der Waals surface area contributed by atoms with Crippen LogP contribution >= 0.6 is 11.8 Å². The van der Waals surface area contributed by atoms with Gasteiger partial charge in [0.05, 0.1) is 19.8 Å². The summed E-state index contributed by atoms with van der Waals surface area (Å²) >= 11 is 2.06. The molecule has 0 atom stereocenters. The van der Waals surface area contributed by atoms with Gasteiger partial charge in [0, 0.05) is 51.3 Å². The maximum atomic E-state index is 5.36. The molecule has 0 radical (unpaired) electrons. The van der Waals surface area contributed by atoms with Crippen LogP contribution in [0.1, 0.15) is 0 Å². The zero-order valence-corrected chi connectivity index (χ0v) is 11.1. The Hall–Kier alpha value is 0.190. The molecule has 0 aromatic rings. The van der Waals surface area contributed by atoms with Crippen LogP contribution < -0.4 is 5.32 Å². The van der Waals surface area contributed by atoms with Gasteiger partial charge in [0.2, 0.25) is 0 Å². The lowest BCUT2D eigenvalue weighted by Crippen LogP contribution is -2.38. The highest BCUT2D eigenvalue weighted by Gasteiger charge is 2.08. The summed E-state index contributed by atoms with van der Waals surface area (Å²) in [6.45, 7) is 7.82. The van der Waals surface area contributed by atoms with E-state index in [1.807, 2.05) is 0 Å². The van der Waals surface area contributed by atoms with Crippen LogP contribution in [0.4, 0.5) is 0 Å². The SMILES string of the molecule is COCCOCCNCCN1CCSCC1. The van der Waals surface area contributed by atoms with Gasteiger partial charge in [-0.1, -0.05) is 0 Å². The van der Waals surface area contributed by atoms with Crippen molar-refractivity contribution in [1.29, 1.82) is 0 Å². The molecule has 1 aliphatic rings. The molecule has 1 saturated heterocycles. The molecule has 0 aromatic carbocycles. The number of nitrogens with one attached hydrogen (secondary N) is 1. The minimum atomic E-state index is 0.686. The summed E-state index contributed by atoms with van der Waals surface area (Å²) < 4.78 is 10.3. The van der Waals surface area contributed by atoms with Gasteiger partial charge in [-0.3, -0.25) is 0 Å². The number of rotatable bonds is 9. The highest BCUT2D eigenvalue weighted by Crippen LogP contribution is 2.07. The third kappa shape index (κ3) is 7.46. The monoisotopic (exact) mass is 248 g/mol. The molecule has 1 N–H and O–H groups in total. The number of methoxy groups -OCH3 is 1. The molecule has 0 saturated carbocycles. The van der Waals surface area contributed by atoms with Crippen LogP contribution in [0.3, 0.4) is 0 Å². The average Bonchev–Trinajstić information content (AvgIpc) is 2.34. The Morgan fingerprint density at radius 2 is 1.94 bits per heavy atom. The first-order valence-electron chi connectivity index (χ1n) is 6.01. The topological polar surface area (TPSA) is 33.7 Å². The Morgan fingerprint density at radius 1 is 1.12 bits per heavy atom. The summed E-state index contributed by atoms with van der Waals surface area (Å²) in [5.41, 5.74) is 0. The second kappa shape index (κ2) is 10.4. The lowest BCUT2D eigenvalue weighted by molar-refractivity contribution is 0.0718. The van der Waals surface area contributed by atoms with E-state index >= 15 is 0 Å². The zero-order valence-electron chi connectivity index (χ0n) is 10.2. The van der Waals surface area contributed by atoms with E-state index in [9.17, 15) is 0 Å². The average molecular weight is 248 g/mol. The molecule has 1 aliphatic heterocycles. The van der Waals surface area contributed by atoms with E-state index in [1.165, 1.54) is 31.1 Å². The van der Waals surface area contributed by atoms with E-state index in [0.717, 1.165) is 19.7 Å². The van der Waals surface area contributed by atoms with Crippen molar-refractivity contribution < 1.29 is 9.47 Å². The second-order valence-electron chi connectivity index (χ2n) is 3.81. The van der Waals surface area contributed by atoms with Gasteiger partial charge in [-0.25, -0.2) is 0 Å². The van der Waals surface area contributed by atoms with E-state index in [4.69, 9.17) is 9.47 Å². The smallest absolute Gasteiger partial charge is 0.0700 e. The van der Waals surface area contributed by atoms with Gasteiger partial charge < -0.3 is 19.7 Å². The molecule has 0 amide bonds. The van der Waals surface area contributed by atoms with Gasteiger partial charge in [-0.15, -0.1) is 0 Å². The Morgan fingerprint density at radius 3 is 2.69 bits per heavy atom. The largest absolute Gasteiger partial charge is 0.382 e. The van der Waals surface area contributed by atoms with Gasteiger partial charge in [0.25, 0.3) is 0 Å². The third-order valence-corrected chi connectivity index (χ3v) is 3.51. The zero-order chi connectivity index (χ0) is 11.5. The Kier molecular flexibility index (Phi) is 9.22. The fourth-order valence-corrected chi connectivity index (χ4v) is 2.55. The molecule has 0 aliphatic carbocycles. The number of hydrogen-bond donors (Lipinski definition) is 1. The van der Waals surface area contributed by atoms with Gasteiger partial charge in [0.1, 0.15) is 0 Å². The van der Waals surface area contributed by atoms with Crippen molar-refractivity contribution in [3.05, 3.63) is 0 Å². The summed E-state index contributed by atoms with van der Waals surface area (Å²) in [4.78, 5) is 2.52. The maximum absolute atomic E-state index is 5.36. The van der Waals surface area contributed by atoms with E-state index in [0.29, 0.717) is 13.2 Å². The van der Waals surface area contributed by atoms with Crippen molar-refractivity contribution in [1.82, 2.24) is 10.2 Å². The first kappa shape index (κ1) is 14.3. The molecular formula is C11H24N2O2S. The first-order chi connectivity index (χ1) is 7.93. The molecule has 0 aromatic heterocycles. The summed E-state index contributed by atoms with van der Waals surface area (Å²) in [6, 6.07) is 0. The molecule has 4 nitrogen and oxygen atoms in total. The predicted octanol–water partition coefficient (Wildman–Crippen LogP) is 0.288. The van der Waals surface area contributed by atoms with Crippen molar-refractivity contribution >= 4 is 11.8 Å². The molecule has 5 heteroatoms. The predicted molar refractivity (Wildman–Crippen MR) is 69.3 cm³/mol. The second-order valence-corrected chi connectivity index (χ2v) is 5.03. The molecule has 16 heavy (non-hydrogen) atoms. The van der Waals surface area contributed by atoms with Crippen LogP contribution in [0.25, 0.3) is 0 Å². The summed E-state index contributed by atoms with van der Waals surface area (Å²) in [5.74, 6) is 2.58. The Balaban J connectivity index is 1.77. The molecule has 1 heterocycles. The number of ether oxygens (including phenoxy) is 2. The standard InChI is InChI=1S/C11H24N2O2S/c1-14-8-9-15-7-3-12-2-4-13-5-10-16-11-6-13/h12H,2-11H2,1H3. The van der Waals surface area contributed by atoms with E-state index in [-0.39, 0.29) is 0 Å². The lowest BCUT2D eigenvalue weighted by Gasteiger charge is -2.26. The normalized spacial score (nSPS) is 17.8. The van der Waals surface area contributed by atoms with Crippen molar-refractivity contribution in [2.45, 2.75) is 0 Å². The highest BCUT2D eigenvalue weighted by molar-refractivity contribution is 7.99. The van der Waals surface area contributed by atoms with Crippen molar-refractivity contribution in [2.75, 3.05) is 71.2 Å². The van der Waals surface area contributed by atoms with Gasteiger partial charge in [-0.05, 0) is 0 Å². The van der Waals surface area contributed by atoms with Crippen LogP contribution in [0.5, 0.6) is 0 Å². The molecule has 1 rings (SSSR count). The summed E-state index contributed by atoms with van der Waals surface area (Å²) in [6.07, 6.45) is 0. The van der Waals surface area contributed by atoms with Crippen molar-refractivity contribution in [2.24, 2.45) is 0 Å². The quantitative estimate of drug-likeness (QED) is 0.593. The fourth-order valence-electron chi connectivity index (χ4n) is 1.58. The van der Waals surface area contributed by atoms with E-state index in [2.05, 4.69) is 22.0 Å². The highest BCUT2D eigenvalue weighted by atomic mass is 32.2. The van der Waals surface area contributed by atoms with Crippen LogP contribution in [-0.2, 0) is 9.47 Å². The number of hydrogen-bond acceptors (Lipinski definition) is 5.